The van der Waals surface area contributed by atoms with Gasteiger partial charge in [-0.15, -0.1) is 0 Å². The zero-order valence-electron chi connectivity index (χ0n) is 23.8. The minimum Gasteiger partial charge on any atom is -0.0888 e. The molecule has 0 N–H and O–H groups in total. The van der Waals surface area contributed by atoms with E-state index in [1.807, 2.05) is 11.8 Å². The fraction of sp³-hybridized carbons (Fsp3) is 0.0476. The lowest BCUT2D eigenvalue weighted by atomic mass is 9.74. The molecular weight excluding hydrogens is 537 g/mol. The van der Waals surface area contributed by atoms with Crippen LogP contribution in [0.25, 0.3) is 55.3 Å². The van der Waals surface area contributed by atoms with E-state index in [1.54, 1.807) is 0 Å². The van der Waals surface area contributed by atoms with Gasteiger partial charge in [0.05, 0.1) is 0 Å². The average molecular weight is 565 g/mol. The lowest BCUT2D eigenvalue weighted by Crippen LogP contribution is -2.22. The summed E-state index contributed by atoms with van der Waals surface area (Å²) in [7, 11) is 0. The quantitative estimate of drug-likeness (QED) is 0.206. The number of rotatable bonds is 3. The van der Waals surface area contributed by atoms with E-state index in [0.717, 1.165) is 0 Å². The molecule has 9 rings (SSSR count). The van der Waals surface area contributed by atoms with Crippen LogP contribution >= 0.6 is 11.8 Å². The number of hydrogen-bond donors (Lipinski definition) is 0. The molecule has 1 heteroatoms. The molecule has 0 bridgehead atoms. The number of benzene rings is 7. The summed E-state index contributed by atoms with van der Waals surface area (Å²) >= 11 is 1.88. The first-order valence-corrected chi connectivity index (χ1v) is 15.7. The van der Waals surface area contributed by atoms with Crippen molar-refractivity contribution in [2.24, 2.45) is 0 Å². The highest BCUT2D eigenvalue weighted by atomic mass is 32.2. The van der Waals surface area contributed by atoms with Gasteiger partial charge in [0.1, 0.15) is 0 Å². The van der Waals surface area contributed by atoms with Gasteiger partial charge in [-0.1, -0.05) is 133 Å². The molecule has 1 heterocycles. The Bertz CT molecular complexity index is 2220. The lowest BCUT2D eigenvalue weighted by molar-refractivity contribution is 0.714. The van der Waals surface area contributed by atoms with Crippen LogP contribution in [0.4, 0.5) is 0 Å². The zero-order chi connectivity index (χ0) is 28.5. The second-order valence-electron chi connectivity index (χ2n) is 11.9. The van der Waals surface area contributed by atoms with E-state index in [2.05, 4.69) is 159 Å². The summed E-state index contributed by atoms with van der Waals surface area (Å²) < 4.78 is 0. The molecule has 0 radical (unpaired) electrons. The van der Waals surface area contributed by atoms with Crippen molar-refractivity contribution in [3.05, 3.63) is 168 Å². The zero-order valence-corrected chi connectivity index (χ0v) is 24.7. The van der Waals surface area contributed by atoms with Crippen LogP contribution < -0.4 is 0 Å². The summed E-state index contributed by atoms with van der Waals surface area (Å²) in [6.45, 7) is 2.39. The van der Waals surface area contributed by atoms with Crippen molar-refractivity contribution in [1.82, 2.24) is 0 Å². The minimum atomic E-state index is -0.200. The third-order valence-corrected chi connectivity index (χ3v) is 10.7. The van der Waals surface area contributed by atoms with Crippen molar-refractivity contribution in [2.75, 3.05) is 0 Å². The molecule has 1 aliphatic carbocycles. The first-order chi connectivity index (χ1) is 21.2. The summed E-state index contributed by atoms with van der Waals surface area (Å²) in [6.07, 6.45) is 0. The highest BCUT2D eigenvalue weighted by Gasteiger charge is 2.40. The summed E-state index contributed by atoms with van der Waals surface area (Å²) in [5, 5.41) is 2.68. The summed E-state index contributed by atoms with van der Waals surface area (Å²) in [4.78, 5) is 2.67. The molecule has 1 unspecified atom stereocenters. The van der Waals surface area contributed by atoms with E-state index >= 15 is 0 Å². The van der Waals surface area contributed by atoms with E-state index in [0.29, 0.717) is 0 Å². The number of hydrogen-bond acceptors (Lipinski definition) is 1. The van der Waals surface area contributed by atoms with Gasteiger partial charge in [0, 0.05) is 20.6 Å². The Morgan fingerprint density at radius 2 is 1.07 bits per heavy atom. The Balaban J connectivity index is 1.16. The van der Waals surface area contributed by atoms with Crippen molar-refractivity contribution in [1.29, 1.82) is 0 Å². The van der Waals surface area contributed by atoms with Gasteiger partial charge in [0.15, 0.2) is 0 Å². The van der Waals surface area contributed by atoms with Crippen LogP contribution in [-0.4, -0.2) is 0 Å². The molecule has 0 spiro atoms. The predicted molar refractivity (Wildman–Crippen MR) is 182 cm³/mol. The van der Waals surface area contributed by atoms with Crippen LogP contribution in [0.5, 0.6) is 0 Å². The molecule has 0 saturated carbocycles. The van der Waals surface area contributed by atoms with Crippen LogP contribution in [0.2, 0.25) is 0 Å². The van der Waals surface area contributed by atoms with E-state index in [4.69, 9.17) is 0 Å². The fourth-order valence-electron chi connectivity index (χ4n) is 7.38. The molecule has 0 amide bonds. The van der Waals surface area contributed by atoms with Gasteiger partial charge in [-0.25, -0.2) is 0 Å². The van der Waals surface area contributed by atoms with Crippen LogP contribution in [0.15, 0.2) is 161 Å². The smallest absolute Gasteiger partial charge is 0.0435 e. The van der Waals surface area contributed by atoms with E-state index in [1.165, 1.54) is 81.8 Å². The lowest BCUT2D eigenvalue weighted by Gasteiger charge is -2.28. The van der Waals surface area contributed by atoms with Gasteiger partial charge >= 0.3 is 0 Å². The first-order valence-electron chi connectivity index (χ1n) is 14.9. The molecule has 1 atom stereocenters. The maximum absolute atomic E-state index is 2.43. The van der Waals surface area contributed by atoms with Crippen molar-refractivity contribution in [3.63, 3.8) is 0 Å². The van der Waals surface area contributed by atoms with Gasteiger partial charge in [-0.05, 0) is 104 Å². The highest BCUT2D eigenvalue weighted by Crippen LogP contribution is 2.53. The Morgan fingerprint density at radius 3 is 1.93 bits per heavy atom. The third-order valence-electron chi connectivity index (χ3n) is 9.55. The summed E-state index contributed by atoms with van der Waals surface area (Å²) in [6, 6.07) is 56.3. The van der Waals surface area contributed by atoms with Crippen LogP contribution in [0, 0.1) is 0 Å². The van der Waals surface area contributed by atoms with Gasteiger partial charge in [0.2, 0.25) is 0 Å². The third kappa shape index (κ3) is 3.65. The standard InChI is InChI=1S/C42H28S/c1-42(32-14-3-2-4-15-32)37-18-6-5-16-33(37)34-22-20-31(26-38(34)42)29-13-7-12-28(24-29)30-21-23-39-36(25-30)35-17-8-10-27-11-9-19-40(43-39)41(27)35/h2-26H,1H3. The predicted octanol–water partition coefficient (Wildman–Crippen LogP) is 11.6. The normalized spacial score (nSPS) is 16.0. The maximum Gasteiger partial charge on any atom is 0.0435 e. The van der Waals surface area contributed by atoms with Crippen molar-refractivity contribution < 1.29 is 0 Å². The monoisotopic (exact) mass is 564 g/mol. The molecule has 43 heavy (non-hydrogen) atoms. The molecule has 2 aliphatic rings. The van der Waals surface area contributed by atoms with Gasteiger partial charge in [0.25, 0.3) is 0 Å². The van der Waals surface area contributed by atoms with E-state index in [-0.39, 0.29) is 5.41 Å². The molecule has 202 valence electrons. The summed E-state index contributed by atoms with van der Waals surface area (Å²) in [5.74, 6) is 0. The maximum atomic E-state index is 2.43. The van der Waals surface area contributed by atoms with E-state index in [9.17, 15) is 0 Å². The molecule has 1 aliphatic heterocycles. The fourth-order valence-corrected chi connectivity index (χ4v) is 8.50. The largest absolute Gasteiger partial charge is 0.0888 e. The average Bonchev–Trinajstić information content (AvgIpc) is 3.34. The Labute approximate surface area is 256 Å². The molecule has 7 aromatic carbocycles. The van der Waals surface area contributed by atoms with Crippen LogP contribution in [-0.2, 0) is 5.41 Å². The Kier molecular flexibility index (Phi) is 5.36. The van der Waals surface area contributed by atoms with Gasteiger partial charge < -0.3 is 0 Å². The first kappa shape index (κ1) is 24.7. The molecule has 0 fully saturated rings. The molecule has 0 nitrogen and oxygen atoms in total. The van der Waals surface area contributed by atoms with Crippen molar-refractivity contribution >= 4 is 22.5 Å². The molecule has 0 saturated heterocycles. The van der Waals surface area contributed by atoms with Gasteiger partial charge in [-0.2, -0.15) is 0 Å². The summed E-state index contributed by atoms with van der Waals surface area (Å²) in [5.41, 5.74) is 14.2. The van der Waals surface area contributed by atoms with Crippen molar-refractivity contribution in [2.45, 2.75) is 22.1 Å². The Hall–Kier alpha value is -4.85. The Morgan fingerprint density at radius 1 is 0.419 bits per heavy atom. The molecule has 7 aromatic rings. The SMILES string of the molecule is CC1(c2ccccc2)c2ccccc2-c2ccc(-c3cccc(-c4ccc5c(c4)-c4cccc6cccc(c46)S5)c3)cc21. The second kappa shape index (κ2) is 9.33. The molecule has 0 aromatic heterocycles. The van der Waals surface area contributed by atoms with E-state index < -0.39 is 0 Å². The minimum absolute atomic E-state index is 0.200. The highest BCUT2D eigenvalue weighted by molar-refractivity contribution is 7.99. The van der Waals surface area contributed by atoms with Crippen LogP contribution in [0.1, 0.15) is 23.6 Å². The topological polar surface area (TPSA) is 0 Å². The number of fused-ring (bicyclic) bond motifs is 5. The van der Waals surface area contributed by atoms with Gasteiger partial charge in [-0.3, -0.25) is 0 Å². The molecular formula is C42H28S. The van der Waals surface area contributed by atoms with Crippen molar-refractivity contribution in [3.8, 4) is 44.5 Å². The van der Waals surface area contributed by atoms with Crippen LogP contribution in [0.3, 0.4) is 0 Å². The second-order valence-corrected chi connectivity index (χ2v) is 12.9.